The number of hydrogen-bond donors (Lipinski definition) is 1. The van der Waals surface area contributed by atoms with Gasteiger partial charge in [-0.25, -0.2) is 0 Å². The smallest absolute Gasteiger partial charge is 0.253 e. The first-order chi connectivity index (χ1) is 14.0. The highest BCUT2D eigenvalue weighted by atomic mass is 79.9. The van der Waals surface area contributed by atoms with Crippen LogP contribution in [0.25, 0.3) is 0 Å². The lowest BCUT2D eigenvalue weighted by Crippen LogP contribution is -2.58. The Morgan fingerprint density at radius 2 is 1.86 bits per heavy atom. The van der Waals surface area contributed by atoms with Gasteiger partial charge in [0.15, 0.2) is 0 Å². The fraction of sp³-hybridized carbons (Fsp3) is 0.636. The highest BCUT2D eigenvalue weighted by molar-refractivity contribution is 9.10. The van der Waals surface area contributed by atoms with Crippen molar-refractivity contribution in [2.75, 3.05) is 53.4 Å². The van der Waals surface area contributed by atoms with Crippen LogP contribution in [-0.2, 0) is 4.79 Å². The Kier molecular flexibility index (Phi) is 8.09. The predicted molar refractivity (Wildman–Crippen MR) is 119 cm³/mol. The highest BCUT2D eigenvalue weighted by Gasteiger charge is 2.37. The summed E-state index contributed by atoms with van der Waals surface area (Å²) in [4.78, 5) is 32.2. The minimum atomic E-state index is -0.0669. The molecule has 2 fully saturated rings. The van der Waals surface area contributed by atoms with Crippen LogP contribution in [0.3, 0.4) is 0 Å². The van der Waals surface area contributed by atoms with E-state index < -0.39 is 0 Å². The molecule has 1 saturated heterocycles. The Hall–Kier alpha value is -1.44. The first kappa shape index (κ1) is 22.2. The van der Waals surface area contributed by atoms with Gasteiger partial charge in [-0.3, -0.25) is 14.5 Å². The van der Waals surface area contributed by atoms with Crippen LogP contribution in [0.1, 0.15) is 36.0 Å². The van der Waals surface area contributed by atoms with Crippen molar-refractivity contribution in [2.45, 2.75) is 31.7 Å². The molecule has 2 aliphatic rings. The molecule has 6 nitrogen and oxygen atoms in total. The van der Waals surface area contributed by atoms with Crippen LogP contribution < -0.4 is 5.32 Å². The van der Waals surface area contributed by atoms with Gasteiger partial charge in [-0.05, 0) is 51.1 Å². The lowest BCUT2D eigenvalue weighted by molar-refractivity contribution is -0.129. The van der Waals surface area contributed by atoms with Crippen LogP contribution in [0.4, 0.5) is 0 Å². The maximum Gasteiger partial charge on any atom is 0.253 e. The summed E-state index contributed by atoms with van der Waals surface area (Å²) in [6.45, 7) is 4.36. The number of piperazine rings is 1. The molecule has 1 aromatic carbocycles. The third kappa shape index (κ3) is 6.03. The molecule has 1 atom stereocenters. The van der Waals surface area contributed by atoms with E-state index in [0.29, 0.717) is 31.1 Å². The summed E-state index contributed by atoms with van der Waals surface area (Å²) in [5, 5.41) is 3.15. The molecule has 0 spiro atoms. The second-order valence-corrected chi connectivity index (χ2v) is 9.34. The van der Waals surface area contributed by atoms with E-state index in [0.717, 1.165) is 36.9 Å². The molecule has 0 aromatic heterocycles. The van der Waals surface area contributed by atoms with Crippen molar-refractivity contribution in [1.82, 2.24) is 20.0 Å². The predicted octanol–water partition coefficient (Wildman–Crippen LogP) is 2.44. The molecule has 0 bridgehead atoms. The van der Waals surface area contributed by atoms with Gasteiger partial charge in [-0.1, -0.05) is 34.8 Å². The average Bonchev–Trinajstić information content (AvgIpc) is 3.22. The Morgan fingerprint density at radius 1 is 1.17 bits per heavy atom. The molecule has 1 aromatic rings. The molecule has 1 aliphatic heterocycles. The lowest BCUT2D eigenvalue weighted by atomic mass is 9.95. The summed E-state index contributed by atoms with van der Waals surface area (Å²) in [6, 6.07) is 7.48. The second kappa shape index (κ2) is 10.5. The lowest BCUT2D eigenvalue weighted by Gasteiger charge is -2.40. The second-order valence-electron chi connectivity index (χ2n) is 8.42. The van der Waals surface area contributed by atoms with Gasteiger partial charge in [0.1, 0.15) is 0 Å². The number of carbonyl (C=O) groups excluding carboxylic acids is 2. The Morgan fingerprint density at radius 3 is 2.48 bits per heavy atom. The van der Waals surface area contributed by atoms with Gasteiger partial charge in [0, 0.05) is 49.3 Å². The van der Waals surface area contributed by atoms with E-state index >= 15 is 0 Å². The summed E-state index contributed by atoms with van der Waals surface area (Å²) in [5.41, 5.74) is 0.710. The minimum Gasteiger partial charge on any atom is -0.353 e. The number of nitrogens with one attached hydrogen (secondary N) is 1. The van der Waals surface area contributed by atoms with Gasteiger partial charge in [-0.15, -0.1) is 0 Å². The Labute approximate surface area is 182 Å². The van der Waals surface area contributed by atoms with Crippen molar-refractivity contribution >= 4 is 27.7 Å². The molecule has 1 aliphatic carbocycles. The molecule has 0 radical (unpaired) electrons. The fourth-order valence-electron chi connectivity index (χ4n) is 4.47. The third-order valence-electron chi connectivity index (χ3n) is 6.04. The van der Waals surface area contributed by atoms with Crippen LogP contribution in [0.5, 0.6) is 0 Å². The Balaban J connectivity index is 1.60. The summed E-state index contributed by atoms with van der Waals surface area (Å²) < 4.78 is 0.915. The molecular weight excluding hydrogens is 432 g/mol. The molecule has 1 saturated carbocycles. The SMILES string of the molecule is CN(C)CCNC(=O)C(C1CCCC1)N1CCN(C(=O)c2cccc(Br)c2)CC1. The van der Waals surface area contributed by atoms with Gasteiger partial charge < -0.3 is 15.1 Å². The van der Waals surface area contributed by atoms with Gasteiger partial charge in [-0.2, -0.15) is 0 Å². The first-order valence-electron chi connectivity index (χ1n) is 10.7. The summed E-state index contributed by atoms with van der Waals surface area (Å²) in [7, 11) is 4.03. The maximum absolute atomic E-state index is 13.0. The van der Waals surface area contributed by atoms with E-state index in [-0.39, 0.29) is 17.9 Å². The van der Waals surface area contributed by atoms with Crippen molar-refractivity contribution < 1.29 is 9.59 Å². The summed E-state index contributed by atoms with van der Waals surface area (Å²) >= 11 is 3.44. The van der Waals surface area contributed by atoms with E-state index in [1.165, 1.54) is 12.8 Å². The zero-order valence-electron chi connectivity index (χ0n) is 17.6. The van der Waals surface area contributed by atoms with Crippen LogP contribution in [0, 0.1) is 5.92 Å². The van der Waals surface area contributed by atoms with E-state index in [1.54, 1.807) is 0 Å². The number of halogens is 1. The van der Waals surface area contributed by atoms with Crippen LogP contribution in [-0.4, -0.2) is 85.9 Å². The Bertz CT molecular complexity index is 698. The maximum atomic E-state index is 13.0. The standard InChI is InChI=1S/C22H33BrN4O2/c1-25(2)11-10-24-21(28)20(17-6-3-4-7-17)26-12-14-27(15-13-26)22(29)18-8-5-9-19(23)16-18/h5,8-9,16-17,20H,3-4,6-7,10-15H2,1-2H3,(H,24,28). The molecule has 3 rings (SSSR count). The number of likely N-dealkylation sites (N-methyl/N-ethyl adjacent to an activating group) is 1. The number of hydrogen-bond acceptors (Lipinski definition) is 4. The number of carbonyl (C=O) groups is 2. The van der Waals surface area contributed by atoms with Crippen molar-refractivity contribution in [2.24, 2.45) is 5.92 Å². The molecular formula is C22H33BrN4O2. The van der Waals surface area contributed by atoms with Crippen LogP contribution in [0.15, 0.2) is 28.7 Å². The van der Waals surface area contributed by atoms with Gasteiger partial charge in [0.05, 0.1) is 6.04 Å². The van der Waals surface area contributed by atoms with E-state index in [1.807, 2.05) is 43.3 Å². The molecule has 1 unspecified atom stereocenters. The number of amides is 2. The molecule has 1 N–H and O–H groups in total. The fourth-order valence-corrected chi connectivity index (χ4v) is 4.86. The van der Waals surface area contributed by atoms with Crippen LogP contribution in [0.2, 0.25) is 0 Å². The van der Waals surface area contributed by atoms with Gasteiger partial charge in [0.25, 0.3) is 5.91 Å². The average molecular weight is 465 g/mol. The zero-order chi connectivity index (χ0) is 20.8. The highest BCUT2D eigenvalue weighted by Crippen LogP contribution is 2.31. The third-order valence-corrected chi connectivity index (χ3v) is 6.53. The molecule has 1 heterocycles. The first-order valence-corrected chi connectivity index (χ1v) is 11.5. The van der Waals surface area contributed by atoms with Gasteiger partial charge in [0.2, 0.25) is 5.91 Å². The number of rotatable bonds is 7. The largest absolute Gasteiger partial charge is 0.353 e. The molecule has 29 heavy (non-hydrogen) atoms. The monoisotopic (exact) mass is 464 g/mol. The van der Waals surface area contributed by atoms with Crippen molar-refractivity contribution in [3.63, 3.8) is 0 Å². The van der Waals surface area contributed by atoms with Crippen molar-refractivity contribution in [1.29, 1.82) is 0 Å². The molecule has 160 valence electrons. The van der Waals surface area contributed by atoms with Gasteiger partial charge >= 0.3 is 0 Å². The van der Waals surface area contributed by atoms with Crippen molar-refractivity contribution in [3.05, 3.63) is 34.3 Å². The normalized spacial score (nSPS) is 19.5. The number of nitrogens with zero attached hydrogens (tertiary/aromatic N) is 3. The quantitative estimate of drug-likeness (QED) is 0.673. The topological polar surface area (TPSA) is 55.9 Å². The van der Waals surface area contributed by atoms with E-state index in [2.05, 4.69) is 31.0 Å². The number of benzene rings is 1. The van der Waals surface area contributed by atoms with Crippen molar-refractivity contribution in [3.8, 4) is 0 Å². The summed E-state index contributed by atoms with van der Waals surface area (Å²) in [6.07, 6.45) is 4.69. The van der Waals surface area contributed by atoms with E-state index in [9.17, 15) is 9.59 Å². The molecule has 7 heteroatoms. The zero-order valence-corrected chi connectivity index (χ0v) is 19.2. The summed E-state index contributed by atoms with van der Waals surface area (Å²) in [5.74, 6) is 0.658. The van der Waals surface area contributed by atoms with E-state index in [4.69, 9.17) is 0 Å². The minimum absolute atomic E-state index is 0.0669. The van der Waals surface area contributed by atoms with Crippen LogP contribution >= 0.6 is 15.9 Å². The molecule has 2 amide bonds.